The van der Waals surface area contributed by atoms with Crippen molar-refractivity contribution in [1.29, 1.82) is 0 Å². The lowest BCUT2D eigenvalue weighted by molar-refractivity contribution is -0.116. The Morgan fingerprint density at radius 2 is 1.55 bits per heavy atom. The minimum absolute atomic E-state index is 0.194. The third-order valence-electron chi connectivity index (χ3n) is 5.43. The molecule has 0 fully saturated rings. The maximum absolute atomic E-state index is 12.4. The molecule has 1 aromatic heterocycles. The first kappa shape index (κ1) is 23.0. The number of aromatic nitrogens is 2. The molecule has 3 amide bonds. The second-order valence-corrected chi connectivity index (χ2v) is 8.60. The highest BCUT2D eigenvalue weighted by Gasteiger charge is 2.34. The van der Waals surface area contributed by atoms with Crippen molar-refractivity contribution < 1.29 is 14.4 Å². The fraction of sp³-hybridized carbons (Fsp3) is 0.250. The number of nitrogens with one attached hydrogen (secondary N) is 1. The molecule has 0 saturated carbocycles. The van der Waals surface area contributed by atoms with Crippen molar-refractivity contribution >= 4 is 46.7 Å². The highest BCUT2D eigenvalue weighted by atomic mass is 35.5. The van der Waals surface area contributed by atoms with Crippen LogP contribution in [0.2, 0.25) is 10.0 Å². The van der Waals surface area contributed by atoms with Crippen LogP contribution in [-0.2, 0) is 11.3 Å². The number of benzene rings is 2. The van der Waals surface area contributed by atoms with Crippen LogP contribution in [0.1, 0.15) is 52.0 Å². The molecule has 0 bridgehead atoms. The SMILES string of the molecule is O=C(CCCCCN1C(=O)c2ccccc2C1=O)Nc1nn(Cc2ccccc2Cl)cc1Cl. The molecule has 0 unspecified atom stereocenters. The van der Waals surface area contributed by atoms with Gasteiger partial charge in [-0.15, -0.1) is 0 Å². The summed E-state index contributed by atoms with van der Waals surface area (Å²) in [4.78, 5) is 38.3. The van der Waals surface area contributed by atoms with Gasteiger partial charge in [-0.1, -0.05) is 60.0 Å². The first-order chi connectivity index (χ1) is 15.9. The lowest BCUT2D eigenvalue weighted by Crippen LogP contribution is -2.30. The molecule has 9 heteroatoms. The number of anilines is 1. The normalized spacial score (nSPS) is 12.8. The highest BCUT2D eigenvalue weighted by Crippen LogP contribution is 2.24. The van der Waals surface area contributed by atoms with Gasteiger partial charge in [0.1, 0.15) is 5.02 Å². The zero-order valence-corrected chi connectivity index (χ0v) is 19.3. The molecule has 1 aliphatic rings. The Morgan fingerprint density at radius 3 is 2.24 bits per heavy atom. The predicted molar refractivity (Wildman–Crippen MR) is 127 cm³/mol. The van der Waals surface area contributed by atoms with E-state index in [0.29, 0.717) is 59.3 Å². The van der Waals surface area contributed by atoms with E-state index in [1.165, 1.54) is 4.90 Å². The van der Waals surface area contributed by atoms with Gasteiger partial charge in [-0.2, -0.15) is 5.10 Å². The second-order valence-electron chi connectivity index (χ2n) is 7.78. The van der Waals surface area contributed by atoms with Crippen LogP contribution in [0.3, 0.4) is 0 Å². The van der Waals surface area contributed by atoms with E-state index in [4.69, 9.17) is 23.2 Å². The summed E-state index contributed by atoms with van der Waals surface area (Å²) in [6.45, 7) is 0.777. The van der Waals surface area contributed by atoms with Crippen molar-refractivity contribution in [2.24, 2.45) is 0 Å². The van der Waals surface area contributed by atoms with Gasteiger partial charge in [0, 0.05) is 24.2 Å². The Kier molecular flexibility index (Phi) is 7.11. The van der Waals surface area contributed by atoms with Gasteiger partial charge in [-0.25, -0.2) is 0 Å². The van der Waals surface area contributed by atoms with Gasteiger partial charge in [-0.05, 0) is 36.6 Å². The van der Waals surface area contributed by atoms with Gasteiger partial charge >= 0.3 is 0 Å². The predicted octanol–water partition coefficient (Wildman–Crippen LogP) is 5.03. The maximum Gasteiger partial charge on any atom is 0.261 e. The number of carbonyl (C=O) groups is 3. The number of hydrogen-bond donors (Lipinski definition) is 1. The number of imide groups is 1. The molecule has 0 radical (unpaired) electrons. The molecule has 1 aliphatic heterocycles. The lowest BCUT2D eigenvalue weighted by Gasteiger charge is -2.13. The molecule has 7 nitrogen and oxygen atoms in total. The number of carbonyl (C=O) groups excluding carboxylic acids is 3. The molecular weight excluding hydrogens is 463 g/mol. The fourth-order valence-electron chi connectivity index (χ4n) is 3.73. The average molecular weight is 485 g/mol. The lowest BCUT2D eigenvalue weighted by atomic mass is 10.1. The van der Waals surface area contributed by atoms with Crippen molar-refractivity contribution in [1.82, 2.24) is 14.7 Å². The van der Waals surface area contributed by atoms with E-state index in [2.05, 4.69) is 10.4 Å². The third-order valence-corrected chi connectivity index (χ3v) is 6.07. The quantitative estimate of drug-likeness (QED) is 0.340. The van der Waals surface area contributed by atoms with Gasteiger partial charge in [0.2, 0.25) is 5.91 Å². The molecule has 2 aromatic carbocycles. The van der Waals surface area contributed by atoms with Crippen LogP contribution in [0.5, 0.6) is 0 Å². The number of rotatable bonds is 9. The van der Waals surface area contributed by atoms with Crippen molar-refractivity contribution in [2.45, 2.75) is 32.2 Å². The molecule has 170 valence electrons. The van der Waals surface area contributed by atoms with E-state index in [-0.39, 0.29) is 24.1 Å². The number of unbranched alkanes of at least 4 members (excludes halogenated alkanes) is 2. The van der Waals surface area contributed by atoms with E-state index in [9.17, 15) is 14.4 Å². The van der Waals surface area contributed by atoms with Gasteiger partial charge in [0.15, 0.2) is 5.82 Å². The Bertz CT molecular complexity index is 1170. The Balaban J connectivity index is 1.21. The Labute approximate surface area is 201 Å². The molecule has 1 N–H and O–H groups in total. The first-order valence-corrected chi connectivity index (χ1v) is 11.4. The number of nitrogens with zero attached hydrogens (tertiary/aromatic N) is 3. The largest absolute Gasteiger partial charge is 0.308 e. The van der Waals surface area contributed by atoms with E-state index in [1.54, 1.807) is 41.2 Å². The smallest absolute Gasteiger partial charge is 0.261 e. The van der Waals surface area contributed by atoms with E-state index >= 15 is 0 Å². The average Bonchev–Trinajstić information content (AvgIpc) is 3.26. The zero-order valence-electron chi connectivity index (χ0n) is 17.8. The van der Waals surface area contributed by atoms with Crippen LogP contribution in [-0.4, -0.2) is 38.9 Å². The molecular formula is C24H22Cl2N4O3. The van der Waals surface area contributed by atoms with Crippen molar-refractivity contribution in [2.75, 3.05) is 11.9 Å². The number of halogens is 2. The summed E-state index contributed by atoms with van der Waals surface area (Å²) in [5.41, 5.74) is 1.80. The summed E-state index contributed by atoms with van der Waals surface area (Å²) in [5.74, 6) is -0.397. The molecule has 0 aliphatic carbocycles. The van der Waals surface area contributed by atoms with Crippen LogP contribution in [0.25, 0.3) is 0 Å². The second kappa shape index (κ2) is 10.2. The minimum Gasteiger partial charge on any atom is -0.308 e. The van der Waals surface area contributed by atoms with Crippen LogP contribution < -0.4 is 5.32 Å². The van der Waals surface area contributed by atoms with Crippen molar-refractivity contribution in [3.63, 3.8) is 0 Å². The van der Waals surface area contributed by atoms with Gasteiger partial charge in [0.25, 0.3) is 11.8 Å². The Morgan fingerprint density at radius 1 is 0.879 bits per heavy atom. The zero-order chi connectivity index (χ0) is 23.4. The first-order valence-electron chi connectivity index (χ1n) is 10.7. The molecule has 0 atom stereocenters. The standard InChI is InChI=1S/C24H22Cl2N4O3/c25-19-11-6-3-8-16(19)14-29-15-20(26)22(28-29)27-21(31)12-2-1-7-13-30-23(32)17-9-4-5-10-18(17)24(30)33/h3-6,8-11,15H,1-2,7,12-14H2,(H,27,28,31). The van der Waals surface area contributed by atoms with Crippen LogP contribution in [0.4, 0.5) is 5.82 Å². The van der Waals surface area contributed by atoms with Gasteiger partial charge in [0.05, 0.1) is 17.7 Å². The number of amides is 3. The van der Waals surface area contributed by atoms with Crippen LogP contribution >= 0.6 is 23.2 Å². The van der Waals surface area contributed by atoms with Crippen LogP contribution in [0.15, 0.2) is 54.7 Å². The molecule has 3 aromatic rings. The summed E-state index contributed by atoms with van der Waals surface area (Å²) < 4.78 is 1.63. The summed E-state index contributed by atoms with van der Waals surface area (Å²) in [6, 6.07) is 14.3. The third kappa shape index (κ3) is 5.26. The molecule has 0 spiro atoms. The van der Waals surface area contributed by atoms with E-state index in [0.717, 1.165) is 5.56 Å². The molecule has 0 saturated heterocycles. The minimum atomic E-state index is -0.254. The molecule has 4 rings (SSSR count). The topological polar surface area (TPSA) is 84.3 Å². The number of fused-ring (bicyclic) bond motifs is 1. The fourth-order valence-corrected chi connectivity index (χ4v) is 4.13. The van der Waals surface area contributed by atoms with E-state index < -0.39 is 0 Å². The highest BCUT2D eigenvalue weighted by molar-refractivity contribution is 6.33. The van der Waals surface area contributed by atoms with E-state index in [1.807, 2.05) is 18.2 Å². The number of hydrogen-bond acceptors (Lipinski definition) is 4. The van der Waals surface area contributed by atoms with Crippen molar-refractivity contribution in [3.05, 3.63) is 81.5 Å². The summed E-state index contributed by atoms with van der Waals surface area (Å²) in [5, 5.41) is 8.05. The van der Waals surface area contributed by atoms with Gasteiger partial charge < -0.3 is 5.32 Å². The molecule has 33 heavy (non-hydrogen) atoms. The van der Waals surface area contributed by atoms with Crippen LogP contribution in [0, 0.1) is 0 Å². The summed E-state index contributed by atoms with van der Waals surface area (Å²) >= 11 is 12.4. The summed E-state index contributed by atoms with van der Waals surface area (Å²) in [6.07, 6.45) is 3.88. The van der Waals surface area contributed by atoms with Crippen molar-refractivity contribution in [3.8, 4) is 0 Å². The molecule has 2 heterocycles. The monoisotopic (exact) mass is 484 g/mol. The Hall–Kier alpha value is -3.16. The summed E-state index contributed by atoms with van der Waals surface area (Å²) in [7, 11) is 0. The van der Waals surface area contributed by atoms with Gasteiger partial charge in [-0.3, -0.25) is 24.0 Å². The maximum atomic E-state index is 12.4.